The van der Waals surface area contributed by atoms with Crippen LogP contribution in [0.2, 0.25) is 0 Å². The van der Waals surface area contributed by atoms with E-state index in [2.05, 4.69) is 35.7 Å². The molecule has 0 aliphatic carbocycles. The maximum absolute atomic E-state index is 13.7. The topological polar surface area (TPSA) is 340 Å². The lowest BCUT2D eigenvalue weighted by Crippen LogP contribution is -2.11. The first kappa shape index (κ1) is 58.7. The number of nitrogens with two attached hydrogens (primary N) is 1. The molecule has 0 bridgehead atoms. The molecule has 0 saturated carbocycles. The number of anilines is 3. The van der Waals surface area contributed by atoms with Crippen LogP contribution in [-0.2, 0) is 70.0 Å². The molecule has 0 atom stereocenters. The number of phenolic OH excluding ortho intramolecular Hbond substituents is 2. The molecule has 9 aromatic carbocycles. The van der Waals surface area contributed by atoms with E-state index in [0.29, 0.717) is 33.4 Å². The third-order valence-corrected chi connectivity index (χ3v) is 18.1. The number of nitrogen functional groups attached to an aromatic ring is 1. The number of rotatable bonds is 18. The molecular formula is C56H49N9O14S4. The number of aromatic hydroxyl groups is 2. The van der Waals surface area contributed by atoms with Crippen molar-refractivity contribution in [3.05, 3.63) is 168 Å². The van der Waals surface area contributed by atoms with Crippen LogP contribution in [0, 0.1) is 0 Å². The van der Waals surface area contributed by atoms with Crippen molar-refractivity contribution in [3.8, 4) is 11.5 Å². The fraction of sp³-hybridized carbons (Fsp3) is 0.125. The van der Waals surface area contributed by atoms with Crippen molar-refractivity contribution >= 4 is 124 Å². The number of fused-ring (bicyclic) bond motifs is 4. The number of hydrogen-bond acceptors (Lipinski definition) is 23. The zero-order valence-electron chi connectivity index (χ0n) is 43.4. The molecule has 0 aliphatic heterocycles. The number of nitrogens with one attached hydrogen (secondary N) is 1. The highest BCUT2D eigenvalue weighted by atomic mass is 32.2. The van der Waals surface area contributed by atoms with Crippen molar-refractivity contribution in [1.29, 1.82) is 0 Å². The van der Waals surface area contributed by atoms with E-state index in [1.807, 2.05) is 36.4 Å². The van der Waals surface area contributed by atoms with E-state index >= 15 is 0 Å². The first-order valence-corrected chi connectivity index (χ1v) is 29.8. The highest BCUT2D eigenvalue weighted by molar-refractivity contribution is 7.87. The Balaban J connectivity index is 0.00000828. The van der Waals surface area contributed by atoms with E-state index in [4.69, 9.17) is 27.4 Å². The van der Waals surface area contributed by atoms with Crippen molar-refractivity contribution in [2.24, 2.45) is 20.5 Å². The highest BCUT2D eigenvalue weighted by Gasteiger charge is 2.30. The van der Waals surface area contributed by atoms with E-state index in [1.54, 1.807) is 72.8 Å². The quantitative estimate of drug-likeness (QED) is 0.0352. The van der Waals surface area contributed by atoms with E-state index in [9.17, 15) is 43.9 Å². The average Bonchev–Trinajstić information content (AvgIpc) is 3.45. The van der Waals surface area contributed by atoms with Gasteiger partial charge in [0.1, 0.15) is 32.8 Å². The number of azo groups is 2. The van der Waals surface area contributed by atoms with Gasteiger partial charge >= 0.3 is 0 Å². The van der Waals surface area contributed by atoms with Gasteiger partial charge in [-0.2, -0.15) is 43.6 Å². The van der Waals surface area contributed by atoms with Crippen molar-refractivity contribution < 1.29 is 60.6 Å². The second kappa shape index (κ2) is 23.1. The van der Waals surface area contributed by atoms with E-state index in [0.717, 1.165) is 75.6 Å². The Morgan fingerprint density at radius 3 is 1.46 bits per heavy atom. The minimum absolute atomic E-state index is 0. The molecule has 27 heteroatoms. The van der Waals surface area contributed by atoms with Crippen molar-refractivity contribution in [1.82, 2.24) is 15.0 Å². The average molecular weight is 1200 g/mol. The monoisotopic (exact) mass is 1200 g/mol. The zero-order valence-corrected chi connectivity index (χ0v) is 46.7. The minimum Gasteiger partial charge on any atom is -0.505 e. The summed E-state index contributed by atoms with van der Waals surface area (Å²) in [7, 11) is -15.0. The Bertz CT molecular complexity index is 4510. The summed E-state index contributed by atoms with van der Waals surface area (Å²) in [5.74, 6) is -1.99. The highest BCUT2D eigenvalue weighted by Crippen LogP contribution is 2.48. The number of hydrogen-bond donors (Lipinski definition) is 4. The van der Waals surface area contributed by atoms with Crippen LogP contribution >= 0.6 is 0 Å². The van der Waals surface area contributed by atoms with Crippen LogP contribution in [0.3, 0.4) is 0 Å². The molecule has 0 spiro atoms. The molecule has 1 aromatic heterocycles. The molecule has 0 unspecified atom stereocenters. The van der Waals surface area contributed by atoms with Gasteiger partial charge in [0.15, 0.2) is 11.5 Å². The summed E-state index contributed by atoms with van der Waals surface area (Å²) >= 11 is 0. The number of aromatic nitrogens is 3. The smallest absolute Gasteiger partial charge is 0.299 e. The van der Waals surface area contributed by atoms with E-state index in [1.165, 1.54) is 0 Å². The van der Waals surface area contributed by atoms with Crippen LogP contribution in [0.25, 0.3) is 43.1 Å². The van der Waals surface area contributed by atoms with Gasteiger partial charge < -0.3 is 21.3 Å². The summed E-state index contributed by atoms with van der Waals surface area (Å²) < 4.78 is 128. The lowest BCUT2D eigenvalue weighted by atomic mass is 10.00. The van der Waals surface area contributed by atoms with Crippen LogP contribution in [0.5, 0.6) is 11.5 Å². The second-order valence-electron chi connectivity index (χ2n) is 18.0. The molecule has 5 N–H and O–H groups in total. The molecular weight excluding hydrogens is 1150 g/mol. The Labute approximate surface area is 476 Å². The molecule has 83 heavy (non-hydrogen) atoms. The molecule has 10 aromatic rings. The summed E-state index contributed by atoms with van der Waals surface area (Å²) in [4.78, 5) is 11.7. The lowest BCUT2D eigenvalue weighted by Gasteiger charge is -2.17. The molecule has 1 heterocycles. The van der Waals surface area contributed by atoms with Crippen LogP contribution in [-0.4, -0.2) is 87.3 Å². The van der Waals surface area contributed by atoms with Gasteiger partial charge in [0, 0.05) is 40.1 Å². The van der Waals surface area contributed by atoms with Gasteiger partial charge in [-0.05, 0) is 93.3 Å². The van der Waals surface area contributed by atoms with Crippen molar-refractivity contribution in [2.75, 3.05) is 39.5 Å². The standard InChI is InChI=1S/C55H45N9O14S4.CH4/c1-75-79(67,68)38-24-34-27-45(81(71,72)77-3)51(63-61-42-20-10-15-32-13-5-7-18-40(32)42)53(65)49(34)36(26-38)29-48-58-47(23-31-12-9-17-37(56)22-31)59-55(60-48)57-44-30-39(80(69,70)76-2)25-35-28-46(82(73,74)78-4)52(54(66)50(35)44)64-62-43-21-11-16-33-14-6-8-19-41(33)43;/h5-22,24-28,30,65-66H,23,29,56H2,1-4H3,(H,57,58,59,60);1H4. The molecule has 23 nitrogen and oxygen atoms in total. The predicted octanol–water partition coefficient (Wildman–Crippen LogP) is 11.2. The van der Waals surface area contributed by atoms with Crippen LogP contribution in [0.15, 0.2) is 186 Å². The van der Waals surface area contributed by atoms with Crippen LogP contribution in [0.4, 0.5) is 40.1 Å². The Morgan fingerprint density at radius 1 is 0.482 bits per heavy atom. The summed E-state index contributed by atoms with van der Waals surface area (Å²) in [6.07, 6.45) is -0.493. The molecule has 0 radical (unpaired) electrons. The number of benzene rings is 9. The van der Waals surface area contributed by atoms with Gasteiger partial charge in [-0.25, -0.2) is 4.98 Å². The SMILES string of the molecule is C.COS(=O)(=O)c1cc(Cc2nc(Cc3cccc(N)c3)nc(Nc3cc(S(=O)(=O)OC)cc4cc(S(=O)(=O)OC)c(N=Nc5cccc6ccccc56)c(O)c34)n2)c2c(O)c(N=Nc3cccc4ccccc34)c(S(=O)(=O)OC)cc2c1. The summed E-state index contributed by atoms with van der Waals surface area (Å²) in [6.45, 7) is 0. The third kappa shape index (κ3) is 11.8. The first-order chi connectivity index (χ1) is 39.1. The predicted molar refractivity (Wildman–Crippen MR) is 311 cm³/mol. The largest absolute Gasteiger partial charge is 0.505 e. The van der Waals surface area contributed by atoms with Gasteiger partial charge in [0.2, 0.25) is 5.95 Å². The molecule has 0 fully saturated rings. The molecule has 0 aliphatic rings. The van der Waals surface area contributed by atoms with Crippen molar-refractivity contribution in [2.45, 2.75) is 39.9 Å². The number of phenols is 2. The minimum atomic E-state index is -4.73. The number of nitrogens with zero attached hydrogens (tertiary/aromatic N) is 7. The molecule has 0 amide bonds. The third-order valence-electron chi connectivity index (χ3n) is 13.0. The van der Waals surface area contributed by atoms with E-state index in [-0.39, 0.29) is 64.2 Å². The molecule has 10 rings (SSSR count). The van der Waals surface area contributed by atoms with Crippen LogP contribution in [0.1, 0.15) is 30.2 Å². The summed E-state index contributed by atoms with van der Waals surface area (Å²) in [5.41, 5.74) is 6.34. The maximum atomic E-state index is 13.7. The molecule has 0 saturated heterocycles. The fourth-order valence-corrected chi connectivity index (χ4v) is 12.3. The van der Waals surface area contributed by atoms with Gasteiger partial charge in [-0.3, -0.25) is 16.7 Å². The Morgan fingerprint density at radius 2 is 0.940 bits per heavy atom. The fourth-order valence-electron chi connectivity index (χ4n) is 9.13. The summed E-state index contributed by atoms with van der Waals surface area (Å²) in [5, 5.41) is 47.0. The summed E-state index contributed by atoms with van der Waals surface area (Å²) in [6, 6.07) is 38.0. The normalized spacial score (nSPS) is 12.5. The van der Waals surface area contributed by atoms with Gasteiger partial charge in [0.25, 0.3) is 40.5 Å². The zero-order chi connectivity index (χ0) is 58.3. The Hall–Kier alpha value is -8.93. The lowest BCUT2D eigenvalue weighted by molar-refractivity contribution is 0.396. The second-order valence-corrected chi connectivity index (χ2v) is 24.8. The van der Waals surface area contributed by atoms with Gasteiger partial charge in [0.05, 0.1) is 55.3 Å². The van der Waals surface area contributed by atoms with E-state index < -0.39 is 89.3 Å². The molecule has 426 valence electrons. The first-order valence-electron chi connectivity index (χ1n) is 24.2. The maximum Gasteiger partial charge on any atom is 0.299 e. The van der Waals surface area contributed by atoms with Crippen LogP contribution < -0.4 is 11.1 Å². The van der Waals surface area contributed by atoms with Gasteiger partial charge in [-0.1, -0.05) is 92.4 Å². The van der Waals surface area contributed by atoms with Crippen molar-refractivity contribution in [3.63, 3.8) is 0 Å². The Kier molecular flexibility index (Phi) is 16.4. The van der Waals surface area contributed by atoms with Gasteiger partial charge in [-0.15, -0.1) is 20.5 Å².